The van der Waals surface area contributed by atoms with E-state index in [0.717, 1.165) is 5.56 Å². The van der Waals surface area contributed by atoms with Gasteiger partial charge in [-0.1, -0.05) is 51.1 Å². The highest BCUT2D eigenvalue weighted by Crippen LogP contribution is 2.33. The van der Waals surface area contributed by atoms with Crippen molar-refractivity contribution in [2.45, 2.75) is 49.6 Å². The second kappa shape index (κ2) is 8.29. The van der Waals surface area contributed by atoms with Gasteiger partial charge in [-0.15, -0.1) is 0 Å². The predicted molar refractivity (Wildman–Crippen MR) is 112 cm³/mol. The summed E-state index contributed by atoms with van der Waals surface area (Å²) in [6, 6.07) is 16.0. The summed E-state index contributed by atoms with van der Waals surface area (Å²) >= 11 is 0. The molecule has 1 N–H and O–H groups in total. The highest BCUT2D eigenvalue weighted by atomic mass is 32.2. The number of hydrogen-bond acceptors (Lipinski definition) is 6. The van der Waals surface area contributed by atoms with Crippen molar-refractivity contribution in [3.05, 3.63) is 66.1 Å². The first-order chi connectivity index (χ1) is 13.7. The summed E-state index contributed by atoms with van der Waals surface area (Å²) in [6.07, 6.45) is 0. The van der Waals surface area contributed by atoms with Crippen molar-refractivity contribution in [3.63, 3.8) is 0 Å². The molecule has 0 saturated carbocycles. The summed E-state index contributed by atoms with van der Waals surface area (Å²) in [6.45, 7) is 8.58. The molecule has 1 heterocycles. The van der Waals surface area contributed by atoms with E-state index in [1.54, 1.807) is 12.1 Å². The first kappa shape index (κ1) is 20.9. The van der Waals surface area contributed by atoms with E-state index in [1.165, 1.54) is 12.1 Å². The average molecular weight is 415 g/mol. The molecule has 0 bridgehead atoms. The molecule has 0 aliphatic rings. The number of oxazole rings is 1. The Labute approximate surface area is 171 Å². The Morgan fingerprint density at radius 2 is 1.69 bits per heavy atom. The van der Waals surface area contributed by atoms with E-state index in [9.17, 15) is 8.42 Å². The molecule has 0 spiro atoms. The van der Waals surface area contributed by atoms with Crippen molar-refractivity contribution in [1.29, 1.82) is 0 Å². The summed E-state index contributed by atoms with van der Waals surface area (Å²) in [4.78, 5) is 4.49. The fourth-order valence-corrected chi connectivity index (χ4v) is 3.97. The van der Waals surface area contributed by atoms with Crippen molar-refractivity contribution in [3.8, 4) is 5.75 Å². The maximum absolute atomic E-state index is 13.3. The van der Waals surface area contributed by atoms with Gasteiger partial charge in [0, 0.05) is 12.0 Å². The predicted octanol–water partition coefficient (Wildman–Crippen LogP) is 4.82. The van der Waals surface area contributed by atoms with Crippen LogP contribution in [-0.4, -0.2) is 20.0 Å². The minimum absolute atomic E-state index is 0.109. The summed E-state index contributed by atoms with van der Waals surface area (Å²) in [5, 5.41) is 2.99. The van der Waals surface area contributed by atoms with Crippen molar-refractivity contribution in [1.82, 2.24) is 4.98 Å². The molecule has 0 amide bonds. The number of nitrogens with zero attached hydrogens (tertiary/aromatic N) is 1. The van der Waals surface area contributed by atoms with Gasteiger partial charge in [0.05, 0.1) is 11.5 Å². The van der Waals surface area contributed by atoms with Gasteiger partial charge in [0.1, 0.15) is 5.75 Å². The van der Waals surface area contributed by atoms with Crippen LogP contribution in [0.25, 0.3) is 0 Å². The number of anilines is 1. The molecule has 0 radical (unpaired) electrons. The molecular weight excluding hydrogens is 388 g/mol. The van der Waals surface area contributed by atoms with Crippen LogP contribution in [-0.2, 0) is 21.8 Å². The van der Waals surface area contributed by atoms with Gasteiger partial charge in [-0.3, -0.25) is 0 Å². The van der Waals surface area contributed by atoms with Crippen LogP contribution >= 0.6 is 0 Å². The number of aromatic nitrogens is 1. The maximum Gasteiger partial charge on any atom is 0.233 e. The van der Waals surface area contributed by atoms with Crippen molar-refractivity contribution < 1.29 is 17.6 Å². The molecule has 0 fully saturated rings. The SMILES string of the molecule is CCOc1ccc(S(=O)(=O)c2nc(C(C)(C)C)oc2NCc2ccccc2)cc1. The summed E-state index contributed by atoms with van der Waals surface area (Å²) in [5.74, 6) is 1.12. The van der Waals surface area contributed by atoms with Gasteiger partial charge in [0.25, 0.3) is 0 Å². The topological polar surface area (TPSA) is 81.4 Å². The zero-order valence-corrected chi connectivity index (χ0v) is 17.9. The van der Waals surface area contributed by atoms with Gasteiger partial charge in [0.2, 0.25) is 26.6 Å². The van der Waals surface area contributed by atoms with E-state index in [2.05, 4.69) is 10.3 Å². The van der Waals surface area contributed by atoms with E-state index >= 15 is 0 Å². The third-order valence-electron chi connectivity index (χ3n) is 4.23. The first-order valence-electron chi connectivity index (χ1n) is 9.49. The second-order valence-electron chi connectivity index (χ2n) is 7.65. The molecule has 154 valence electrons. The van der Waals surface area contributed by atoms with Crippen LogP contribution in [0.15, 0.2) is 68.9 Å². The molecule has 29 heavy (non-hydrogen) atoms. The third kappa shape index (κ3) is 4.79. The maximum atomic E-state index is 13.3. The standard InChI is InChI=1S/C22H26N2O4S/c1-5-27-17-11-13-18(14-12-17)29(25,26)20-19(28-21(24-20)22(2,3)4)23-15-16-9-7-6-8-10-16/h6-14,23H,5,15H2,1-4H3. The zero-order chi connectivity index (χ0) is 21.1. The molecule has 0 atom stereocenters. The lowest BCUT2D eigenvalue weighted by atomic mass is 9.97. The third-order valence-corrected chi connectivity index (χ3v) is 5.91. The number of sulfone groups is 1. The Kier molecular flexibility index (Phi) is 5.98. The molecule has 0 aliphatic heterocycles. The number of hydrogen-bond donors (Lipinski definition) is 1. The summed E-state index contributed by atoms with van der Waals surface area (Å²) in [5.41, 5.74) is 0.570. The van der Waals surface area contributed by atoms with Gasteiger partial charge >= 0.3 is 0 Å². The molecule has 0 unspecified atom stereocenters. The molecule has 1 aromatic heterocycles. The van der Waals surface area contributed by atoms with Gasteiger partial charge in [-0.25, -0.2) is 8.42 Å². The Bertz CT molecular complexity index is 1050. The van der Waals surface area contributed by atoms with Crippen molar-refractivity contribution in [2.75, 3.05) is 11.9 Å². The average Bonchev–Trinajstić information content (AvgIpc) is 3.14. The van der Waals surface area contributed by atoms with Gasteiger partial charge in [-0.05, 0) is 36.8 Å². The minimum atomic E-state index is -3.87. The lowest BCUT2D eigenvalue weighted by Gasteiger charge is -2.12. The molecular formula is C22H26N2O4S. The lowest BCUT2D eigenvalue weighted by molar-refractivity contribution is 0.340. The van der Waals surface area contributed by atoms with E-state index in [1.807, 2.05) is 58.0 Å². The summed E-state index contributed by atoms with van der Waals surface area (Å²) in [7, 11) is -3.87. The van der Waals surface area contributed by atoms with Crippen molar-refractivity contribution in [2.24, 2.45) is 0 Å². The molecule has 0 aliphatic carbocycles. The highest BCUT2D eigenvalue weighted by molar-refractivity contribution is 7.91. The van der Waals surface area contributed by atoms with E-state index in [4.69, 9.17) is 9.15 Å². The Morgan fingerprint density at radius 3 is 2.28 bits per heavy atom. The van der Waals surface area contributed by atoms with Gasteiger partial charge < -0.3 is 14.5 Å². The van der Waals surface area contributed by atoms with Gasteiger partial charge in [0.15, 0.2) is 0 Å². The van der Waals surface area contributed by atoms with Crippen LogP contribution < -0.4 is 10.1 Å². The van der Waals surface area contributed by atoms with Crippen LogP contribution in [0.4, 0.5) is 5.88 Å². The number of benzene rings is 2. The molecule has 0 saturated heterocycles. The normalized spacial score (nSPS) is 12.0. The largest absolute Gasteiger partial charge is 0.494 e. The first-order valence-corrected chi connectivity index (χ1v) is 11.0. The number of nitrogens with one attached hydrogen (secondary N) is 1. The molecule has 3 aromatic rings. The summed E-state index contributed by atoms with van der Waals surface area (Å²) < 4.78 is 37.8. The monoisotopic (exact) mass is 414 g/mol. The Morgan fingerprint density at radius 1 is 1.03 bits per heavy atom. The van der Waals surface area contributed by atoms with E-state index in [-0.39, 0.29) is 15.8 Å². The lowest BCUT2D eigenvalue weighted by Crippen LogP contribution is -2.12. The molecule has 2 aromatic carbocycles. The highest BCUT2D eigenvalue weighted by Gasteiger charge is 2.31. The van der Waals surface area contributed by atoms with Gasteiger partial charge in [-0.2, -0.15) is 4.98 Å². The van der Waals surface area contributed by atoms with Crippen LogP contribution in [0.2, 0.25) is 0 Å². The molecule has 3 rings (SSSR count). The van der Waals surface area contributed by atoms with Crippen LogP contribution in [0.5, 0.6) is 5.75 Å². The fraction of sp³-hybridized carbons (Fsp3) is 0.318. The van der Waals surface area contributed by atoms with E-state index in [0.29, 0.717) is 24.8 Å². The van der Waals surface area contributed by atoms with Crippen LogP contribution in [0, 0.1) is 0 Å². The second-order valence-corrected chi connectivity index (χ2v) is 9.52. The Hall–Kier alpha value is -2.80. The minimum Gasteiger partial charge on any atom is -0.494 e. The number of ether oxygens (including phenoxy) is 1. The zero-order valence-electron chi connectivity index (χ0n) is 17.1. The quantitative estimate of drug-likeness (QED) is 0.597. The van der Waals surface area contributed by atoms with E-state index < -0.39 is 15.3 Å². The molecule has 6 nitrogen and oxygen atoms in total. The van der Waals surface area contributed by atoms with Crippen molar-refractivity contribution >= 4 is 15.7 Å². The fourth-order valence-electron chi connectivity index (χ4n) is 2.69. The Balaban J connectivity index is 1.98. The smallest absolute Gasteiger partial charge is 0.233 e. The van der Waals surface area contributed by atoms with Crippen LogP contribution in [0.1, 0.15) is 39.1 Å². The number of rotatable bonds is 7. The van der Waals surface area contributed by atoms with Crippen LogP contribution in [0.3, 0.4) is 0 Å². The molecule has 7 heteroatoms.